The molecular formula is C15H32N2O2S. The lowest BCUT2D eigenvalue weighted by atomic mass is 9.76. The summed E-state index contributed by atoms with van der Waals surface area (Å²) in [6, 6.07) is 0. The van der Waals surface area contributed by atoms with E-state index in [9.17, 15) is 8.42 Å². The fraction of sp³-hybridized carbons (Fsp3) is 1.00. The van der Waals surface area contributed by atoms with Crippen LogP contribution in [-0.4, -0.2) is 50.0 Å². The Morgan fingerprint density at radius 3 is 2.30 bits per heavy atom. The van der Waals surface area contributed by atoms with Gasteiger partial charge in [0.05, 0.1) is 5.75 Å². The molecule has 0 radical (unpaired) electrons. The topological polar surface area (TPSA) is 63.4 Å². The average Bonchev–Trinajstić information content (AvgIpc) is 2.45. The molecule has 0 saturated heterocycles. The Hall–Kier alpha value is -0.130. The number of hydrogen-bond donors (Lipinski definition) is 1. The smallest absolute Gasteiger partial charge is 0.150 e. The van der Waals surface area contributed by atoms with Gasteiger partial charge in [0.1, 0.15) is 9.84 Å². The first-order valence-corrected chi connectivity index (χ1v) is 9.87. The number of hydrogen-bond acceptors (Lipinski definition) is 4. The SMILES string of the molecule is CCN(CCCS(=O)(=O)CC)C1(CN)CCC(C)CC1. The van der Waals surface area contributed by atoms with Crippen molar-refractivity contribution in [3.05, 3.63) is 0 Å². The molecule has 1 fully saturated rings. The Labute approximate surface area is 125 Å². The standard InChI is InChI=1S/C15H32N2O2S/c1-4-17(11-6-12-20(18,19)5-2)15(13-16)9-7-14(3)8-10-15/h14H,4-13,16H2,1-3H3. The molecule has 1 aliphatic rings. The zero-order valence-corrected chi connectivity index (χ0v) is 14.2. The molecule has 0 aromatic carbocycles. The zero-order valence-electron chi connectivity index (χ0n) is 13.4. The summed E-state index contributed by atoms with van der Waals surface area (Å²) >= 11 is 0. The number of likely N-dealkylation sites (N-methyl/N-ethyl adjacent to an activating group) is 1. The van der Waals surface area contributed by atoms with Gasteiger partial charge >= 0.3 is 0 Å². The van der Waals surface area contributed by atoms with E-state index >= 15 is 0 Å². The van der Waals surface area contributed by atoms with Crippen LogP contribution in [0, 0.1) is 5.92 Å². The van der Waals surface area contributed by atoms with Gasteiger partial charge in [0.15, 0.2) is 0 Å². The molecule has 0 bridgehead atoms. The van der Waals surface area contributed by atoms with Crippen LogP contribution in [0.4, 0.5) is 0 Å². The molecule has 2 N–H and O–H groups in total. The molecule has 120 valence electrons. The van der Waals surface area contributed by atoms with Crippen molar-refractivity contribution in [3.63, 3.8) is 0 Å². The molecule has 0 unspecified atom stereocenters. The molecule has 0 aliphatic heterocycles. The number of sulfone groups is 1. The molecule has 0 heterocycles. The number of nitrogens with two attached hydrogens (primary N) is 1. The first-order valence-electron chi connectivity index (χ1n) is 8.04. The quantitative estimate of drug-likeness (QED) is 0.745. The minimum Gasteiger partial charge on any atom is -0.329 e. The maximum absolute atomic E-state index is 11.6. The Bertz CT molecular complexity index is 373. The van der Waals surface area contributed by atoms with E-state index in [-0.39, 0.29) is 11.3 Å². The van der Waals surface area contributed by atoms with Crippen LogP contribution in [0.15, 0.2) is 0 Å². The molecule has 1 saturated carbocycles. The Balaban J connectivity index is 2.59. The predicted molar refractivity (Wildman–Crippen MR) is 85.6 cm³/mol. The molecule has 0 spiro atoms. The molecule has 4 nitrogen and oxygen atoms in total. The highest BCUT2D eigenvalue weighted by molar-refractivity contribution is 7.91. The second-order valence-electron chi connectivity index (χ2n) is 6.28. The van der Waals surface area contributed by atoms with Crippen LogP contribution in [0.3, 0.4) is 0 Å². The van der Waals surface area contributed by atoms with Gasteiger partial charge in [-0.1, -0.05) is 20.8 Å². The van der Waals surface area contributed by atoms with Gasteiger partial charge in [-0.05, 0) is 51.1 Å². The normalized spacial score (nSPS) is 27.9. The molecule has 0 amide bonds. The van der Waals surface area contributed by atoms with Crippen LogP contribution in [-0.2, 0) is 9.84 Å². The van der Waals surface area contributed by atoms with Gasteiger partial charge in [0.25, 0.3) is 0 Å². The Kier molecular flexibility index (Phi) is 6.95. The summed E-state index contributed by atoms with van der Waals surface area (Å²) in [5, 5.41) is 0. The van der Waals surface area contributed by atoms with Crippen molar-refractivity contribution >= 4 is 9.84 Å². The minimum absolute atomic E-state index is 0.108. The molecule has 0 atom stereocenters. The maximum atomic E-state index is 11.6. The molecule has 20 heavy (non-hydrogen) atoms. The van der Waals surface area contributed by atoms with E-state index in [1.165, 1.54) is 12.8 Å². The lowest BCUT2D eigenvalue weighted by molar-refractivity contribution is 0.0493. The van der Waals surface area contributed by atoms with Crippen molar-refractivity contribution in [2.75, 3.05) is 31.1 Å². The predicted octanol–water partition coefficient (Wildman–Crippen LogP) is 2.04. The van der Waals surface area contributed by atoms with Crippen molar-refractivity contribution in [1.82, 2.24) is 4.90 Å². The minimum atomic E-state index is -2.85. The van der Waals surface area contributed by atoms with Crippen LogP contribution < -0.4 is 5.73 Å². The fourth-order valence-corrected chi connectivity index (χ4v) is 4.16. The van der Waals surface area contributed by atoms with E-state index in [0.29, 0.717) is 12.3 Å². The summed E-state index contributed by atoms with van der Waals surface area (Å²) in [6.07, 6.45) is 5.50. The van der Waals surface area contributed by atoms with E-state index in [1.54, 1.807) is 6.92 Å². The van der Waals surface area contributed by atoms with Gasteiger partial charge in [-0.2, -0.15) is 0 Å². The summed E-state index contributed by atoms with van der Waals surface area (Å²) in [6.45, 7) is 8.68. The highest BCUT2D eigenvalue weighted by atomic mass is 32.2. The van der Waals surface area contributed by atoms with E-state index < -0.39 is 9.84 Å². The molecule has 5 heteroatoms. The van der Waals surface area contributed by atoms with Gasteiger partial charge in [-0.3, -0.25) is 4.90 Å². The first-order chi connectivity index (χ1) is 9.39. The first kappa shape index (κ1) is 17.9. The highest BCUT2D eigenvalue weighted by Crippen LogP contribution is 2.35. The fourth-order valence-electron chi connectivity index (χ4n) is 3.30. The van der Waals surface area contributed by atoms with Gasteiger partial charge in [0, 0.05) is 17.8 Å². The van der Waals surface area contributed by atoms with Crippen LogP contribution in [0.5, 0.6) is 0 Å². The van der Waals surface area contributed by atoms with E-state index in [2.05, 4.69) is 18.7 Å². The molecule has 1 aliphatic carbocycles. The largest absolute Gasteiger partial charge is 0.329 e. The summed E-state index contributed by atoms with van der Waals surface area (Å²) in [5.74, 6) is 1.35. The van der Waals surface area contributed by atoms with Gasteiger partial charge in [-0.15, -0.1) is 0 Å². The van der Waals surface area contributed by atoms with Crippen LogP contribution in [0.1, 0.15) is 52.9 Å². The summed E-state index contributed by atoms with van der Waals surface area (Å²) in [7, 11) is -2.85. The molecule has 0 aromatic heterocycles. The van der Waals surface area contributed by atoms with Crippen LogP contribution in [0.25, 0.3) is 0 Å². The van der Waals surface area contributed by atoms with E-state index in [4.69, 9.17) is 5.73 Å². The van der Waals surface area contributed by atoms with E-state index in [0.717, 1.165) is 38.3 Å². The third-order valence-electron chi connectivity index (χ3n) is 4.96. The van der Waals surface area contributed by atoms with Gasteiger partial charge in [0.2, 0.25) is 0 Å². The van der Waals surface area contributed by atoms with Crippen molar-refractivity contribution in [2.24, 2.45) is 11.7 Å². The number of rotatable bonds is 8. The number of nitrogens with zero attached hydrogens (tertiary/aromatic N) is 1. The second-order valence-corrected chi connectivity index (χ2v) is 8.75. The van der Waals surface area contributed by atoms with Crippen molar-refractivity contribution in [1.29, 1.82) is 0 Å². The second kappa shape index (κ2) is 7.76. The van der Waals surface area contributed by atoms with Crippen LogP contribution in [0.2, 0.25) is 0 Å². The lowest BCUT2D eigenvalue weighted by Gasteiger charge is -2.47. The van der Waals surface area contributed by atoms with Crippen LogP contribution >= 0.6 is 0 Å². The molecule has 0 aromatic rings. The van der Waals surface area contributed by atoms with Crippen molar-refractivity contribution in [2.45, 2.75) is 58.4 Å². The monoisotopic (exact) mass is 304 g/mol. The third kappa shape index (κ3) is 4.71. The Morgan fingerprint density at radius 2 is 1.85 bits per heavy atom. The van der Waals surface area contributed by atoms with Crippen molar-refractivity contribution in [3.8, 4) is 0 Å². The molecule has 1 rings (SSSR count). The lowest BCUT2D eigenvalue weighted by Crippen LogP contribution is -2.56. The maximum Gasteiger partial charge on any atom is 0.150 e. The Morgan fingerprint density at radius 1 is 1.25 bits per heavy atom. The van der Waals surface area contributed by atoms with Gasteiger partial charge in [-0.25, -0.2) is 8.42 Å². The van der Waals surface area contributed by atoms with Gasteiger partial charge < -0.3 is 5.73 Å². The average molecular weight is 305 g/mol. The van der Waals surface area contributed by atoms with E-state index in [1.807, 2.05) is 0 Å². The molecular weight excluding hydrogens is 272 g/mol. The zero-order chi connectivity index (χ0) is 15.2. The summed E-state index contributed by atoms with van der Waals surface area (Å²) in [4.78, 5) is 2.43. The summed E-state index contributed by atoms with van der Waals surface area (Å²) < 4.78 is 23.2. The summed E-state index contributed by atoms with van der Waals surface area (Å²) in [5.41, 5.74) is 6.19. The highest BCUT2D eigenvalue weighted by Gasteiger charge is 2.37. The van der Waals surface area contributed by atoms with Crippen molar-refractivity contribution < 1.29 is 8.42 Å². The third-order valence-corrected chi connectivity index (χ3v) is 6.75.